The van der Waals surface area contributed by atoms with Gasteiger partial charge >= 0.3 is 0 Å². The van der Waals surface area contributed by atoms with Crippen molar-refractivity contribution in [3.8, 4) is 0 Å². The van der Waals surface area contributed by atoms with Crippen molar-refractivity contribution in [1.29, 1.82) is 0 Å². The van der Waals surface area contributed by atoms with Gasteiger partial charge in [-0.2, -0.15) is 0 Å². The van der Waals surface area contributed by atoms with E-state index in [1.54, 1.807) is 12.1 Å². The molecule has 16 heavy (non-hydrogen) atoms. The number of benzene rings is 1. The van der Waals surface area contributed by atoms with Gasteiger partial charge in [-0.15, -0.1) is 0 Å². The van der Waals surface area contributed by atoms with Crippen LogP contribution >= 0.6 is 0 Å². The second kappa shape index (κ2) is 5.25. The number of carbonyl (C=O) groups excluding carboxylic acids is 1. The molecule has 0 saturated carbocycles. The molecule has 0 aliphatic rings. The van der Waals surface area contributed by atoms with Crippen molar-refractivity contribution >= 4 is 5.91 Å². The molecule has 0 aliphatic carbocycles. The van der Waals surface area contributed by atoms with Crippen LogP contribution in [0.4, 0.5) is 0 Å². The molecule has 0 bridgehead atoms. The van der Waals surface area contributed by atoms with E-state index in [0.717, 1.165) is 11.1 Å². The molecule has 0 heterocycles. The molecule has 5 heteroatoms. The van der Waals surface area contributed by atoms with Gasteiger partial charge < -0.3 is 5.32 Å². The van der Waals surface area contributed by atoms with Crippen molar-refractivity contribution in [2.45, 2.75) is 19.9 Å². The monoisotopic (exact) mass is 222 g/mol. The minimum absolute atomic E-state index is 0.271. The molecular weight excluding hydrogens is 208 g/mol. The van der Waals surface area contributed by atoms with Crippen molar-refractivity contribution in [1.82, 2.24) is 5.32 Å². The molecule has 1 atom stereocenters. The molecule has 1 rings (SSSR count). The molecule has 0 spiro atoms. The molecule has 0 unspecified atom stereocenters. The van der Waals surface area contributed by atoms with E-state index in [0.29, 0.717) is 0 Å². The summed E-state index contributed by atoms with van der Waals surface area (Å²) in [6.45, 7) is 2.98. The highest BCUT2D eigenvalue weighted by Gasteiger charge is 2.18. The van der Waals surface area contributed by atoms with E-state index in [1.165, 1.54) is 6.92 Å². The predicted molar refractivity (Wildman–Crippen MR) is 59.6 cm³/mol. The van der Waals surface area contributed by atoms with Crippen molar-refractivity contribution in [2.75, 3.05) is 6.54 Å². The third-order valence-corrected chi connectivity index (χ3v) is 2.19. The van der Waals surface area contributed by atoms with Crippen LogP contribution in [-0.2, 0) is 4.79 Å². The van der Waals surface area contributed by atoms with Crippen molar-refractivity contribution in [2.24, 2.45) is 0 Å². The fourth-order valence-electron chi connectivity index (χ4n) is 1.43. The van der Waals surface area contributed by atoms with E-state index in [4.69, 9.17) is 0 Å². The van der Waals surface area contributed by atoms with Crippen LogP contribution in [0.1, 0.15) is 24.1 Å². The Kier molecular flexibility index (Phi) is 3.99. The number of aryl methyl sites for hydroxylation is 1. The Balaban J connectivity index is 2.86. The topological polar surface area (TPSA) is 72.2 Å². The summed E-state index contributed by atoms with van der Waals surface area (Å²) in [7, 11) is 0. The molecule has 0 radical (unpaired) electrons. The lowest BCUT2D eigenvalue weighted by molar-refractivity contribution is -0.484. The van der Waals surface area contributed by atoms with Crippen molar-refractivity contribution in [3.63, 3.8) is 0 Å². The number of nitrogens with one attached hydrogen (secondary N) is 1. The van der Waals surface area contributed by atoms with Gasteiger partial charge in [0.25, 0.3) is 0 Å². The van der Waals surface area contributed by atoms with E-state index in [2.05, 4.69) is 5.32 Å². The zero-order chi connectivity index (χ0) is 12.1. The van der Waals surface area contributed by atoms with Gasteiger partial charge in [-0.3, -0.25) is 14.9 Å². The summed E-state index contributed by atoms with van der Waals surface area (Å²) in [6, 6.07) is 6.75. The number of carbonyl (C=O) groups is 1. The maximum Gasteiger partial charge on any atom is 0.227 e. The number of nitrogens with zero attached hydrogens (tertiary/aromatic N) is 1. The van der Waals surface area contributed by atoms with Gasteiger partial charge in [0.2, 0.25) is 12.5 Å². The molecule has 0 aromatic heterocycles. The van der Waals surface area contributed by atoms with Crippen LogP contribution in [0.5, 0.6) is 0 Å². The summed E-state index contributed by atoms with van der Waals surface area (Å²) in [5.41, 5.74) is 1.82. The zero-order valence-corrected chi connectivity index (χ0v) is 9.27. The first-order valence-corrected chi connectivity index (χ1v) is 4.94. The third kappa shape index (κ3) is 3.68. The summed E-state index contributed by atoms with van der Waals surface area (Å²) in [4.78, 5) is 21.0. The minimum atomic E-state index is -0.562. The normalized spacial score (nSPS) is 11.9. The van der Waals surface area contributed by atoms with Crippen LogP contribution in [0.2, 0.25) is 0 Å². The van der Waals surface area contributed by atoms with Gasteiger partial charge in [-0.25, -0.2) is 0 Å². The molecular formula is C11H14N2O3. The minimum Gasteiger partial charge on any atom is -0.343 e. The van der Waals surface area contributed by atoms with Gasteiger partial charge in [0.1, 0.15) is 6.04 Å². The molecule has 1 aromatic rings. The maximum absolute atomic E-state index is 10.9. The molecule has 1 amide bonds. The lowest BCUT2D eigenvalue weighted by Crippen LogP contribution is -2.31. The maximum atomic E-state index is 10.9. The Bertz CT molecular complexity index is 371. The standard InChI is InChI=1S/C11H14N2O3/c1-8-3-5-10(6-4-8)11(7-13(15)16)12-9(2)14/h3-6,11H,7H2,1-2H3,(H,12,14)/t11-/m0/s1. The first kappa shape index (κ1) is 12.2. The highest BCUT2D eigenvalue weighted by Crippen LogP contribution is 2.14. The smallest absolute Gasteiger partial charge is 0.227 e. The van der Waals surface area contributed by atoms with Crippen LogP contribution in [-0.4, -0.2) is 17.4 Å². The van der Waals surface area contributed by atoms with Gasteiger partial charge in [0.15, 0.2) is 0 Å². The molecule has 1 aromatic carbocycles. The Hall–Kier alpha value is -1.91. The highest BCUT2D eigenvalue weighted by atomic mass is 16.6. The summed E-state index contributed by atoms with van der Waals surface area (Å²) < 4.78 is 0. The first-order chi connectivity index (χ1) is 7.49. The lowest BCUT2D eigenvalue weighted by Gasteiger charge is -2.14. The fraction of sp³-hybridized carbons (Fsp3) is 0.364. The van der Waals surface area contributed by atoms with Crippen molar-refractivity contribution in [3.05, 3.63) is 45.5 Å². The Morgan fingerprint density at radius 2 is 2.00 bits per heavy atom. The van der Waals surface area contributed by atoms with Crippen LogP contribution < -0.4 is 5.32 Å². The van der Waals surface area contributed by atoms with Gasteiger partial charge in [-0.1, -0.05) is 29.8 Å². The number of hydrogen-bond acceptors (Lipinski definition) is 3. The molecule has 0 aliphatic heterocycles. The van der Waals surface area contributed by atoms with Crippen LogP contribution in [0.3, 0.4) is 0 Å². The number of rotatable bonds is 4. The van der Waals surface area contributed by atoms with E-state index in [9.17, 15) is 14.9 Å². The molecule has 0 fully saturated rings. The fourth-order valence-corrected chi connectivity index (χ4v) is 1.43. The quantitative estimate of drug-likeness (QED) is 0.619. The SMILES string of the molecule is CC(=O)N[C@@H](C[N+](=O)[O-])c1ccc(C)cc1. The predicted octanol–water partition coefficient (Wildman–Crippen LogP) is 1.45. The van der Waals surface area contributed by atoms with Crippen molar-refractivity contribution < 1.29 is 9.72 Å². The van der Waals surface area contributed by atoms with Crippen LogP contribution in [0.25, 0.3) is 0 Å². The van der Waals surface area contributed by atoms with E-state index >= 15 is 0 Å². The van der Waals surface area contributed by atoms with E-state index < -0.39 is 11.0 Å². The summed E-state index contributed by atoms with van der Waals surface area (Å²) in [5, 5.41) is 13.1. The number of nitro groups is 1. The Labute approximate surface area is 93.6 Å². The molecule has 1 N–H and O–H groups in total. The number of amides is 1. The Morgan fingerprint density at radius 1 is 1.44 bits per heavy atom. The van der Waals surface area contributed by atoms with E-state index in [1.807, 2.05) is 19.1 Å². The largest absolute Gasteiger partial charge is 0.343 e. The average Bonchev–Trinajstić information content (AvgIpc) is 2.16. The molecule has 0 saturated heterocycles. The average molecular weight is 222 g/mol. The second-order valence-corrected chi connectivity index (χ2v) is 3.68. The Morgan fingerprint density at radius 3 is 2.44 bits per heavy atom. The lowest BCUT2D eigenvalue weighted by atomic mass is 10.1. The van der Waals surface area contributed by atoms with Gasteiger partial charge in [-0.05, 0) is 12.5 Å². The molecule has 86 valence electrons. The first-order valence-electron chi connectivity index (χ1n) is 4.94. The summed E-state index contributed by atoms with van der Waals surface area (Å²) >= 11 is 0. The third-order valence-electron chi connectivity index (χ3n) is 2.19. The van der Waals surface area contributed by atoms with E-state index in [-0.39, 0.29) is 12.5 Å². The summed E-state index contributed by atoms with van der Waals surface area (Å²) in [6.07, 6.45) is 0. The van der Waals surface area contributed by atoms with Gasteiger partial charge in [0.05, 0.1) is 0 Å². The summed E-state index contributed by atoms with van der Waals surface area (Å²) in [5.74, 6) is -0.271. The highest BCUT2D eigenvalue weighted by molar-refractivity contribution is 5.73. The van der Waals surface area contributed by atoms with Crippen LogP contribution in [0, 0.1) is 17.0 Å². The van der Waals surface area contributed by atoms with Crippen LogP contribution in [0.15, 0.2) is 24.3 Å². The van der Waals surface area contributed by atoms with Gasteiger partial charge in [0, 0.05) is 11.8 Å². The number of hydrogen-bond donors (Lipinski definition) is 1. The molecule has 5 nitrogen and oxygen atoms in total. The zero-order valence-electron chi connectivity index (χ0n) is 9.27. The second-order valence-electron chi connectivity index (χ2n) is 3.68.